The second-order valence-electron chi connectivity index (χ2n) is 8.04. The quantitative estimate of drug-likeness (QED) is 0.781. The molecule has 1 amide bonds. The van der Waals surface area contributed by atoms with Crippen molar-refractivity contribution < 1.29 is 9.18 Å². The summed E-state index contributed by atoms with van der Waals surface area (Å²) < 4.78 is 13.4. The van der Waals surface area contributed by atoms with Crippen molar-refractivity contribution in [3.8, 4) is 6.07 Å². The van der Waals surface area contributed by atoms with Crippen LogP contribution in [0.3, 0.4) is 0 Å². The monoisotopic (exact) mass is 386 g/mol. The molecule has 1 saturated heterocycles. The molecule has 2 fully saturated rings. The molecule has 1 saturated carbocycles. The van der Waals surface area contributed by atoms with E-state index < -0.39 is 0 Å². The first-order chi connectivity index (χ1) is 13.6. The van der Waals surface area contributed by atoms with Crippen molar-refractivity contribution in [1.82, 2.24) is 10.2 Å². The molecule has 1 N–H and O–H groups in total. The van der Waals surface area contributed by atoms with Gasteiger partial charge in [0.1, 0.15) is 5.82 Å². The van der Waals surface area contributed by atoms with Crippen LogP contribution in [0.1, 0.15) is 44.9 Å². The lowest BCUT2D eigenvalue weighted by molar-refractivity contribution is -0.122. The van der Waals surface area contributed by atoms with Crippen LogP contribution in [-0.4, -0.2) is 49.6 Å². The van der Waals surface area contributed by atoms with E-state index >= 15 is 0 Å². The van der Waals surface area contributed by atoms with Crippen LogP contribution in [0.15, 0.2) is 24.3 Å². The SMILES string of the molecule is N#CCCC(=O)NC1CCC(CCN2CCN(c3cccc(F)c3)CC2)CC1. The Bertz CT molecular complexity index is 673. The van der Waals surface area contributed by atoms with Gasteiger partial charge in [-0.3, -0.25) is 9.69 Å². The van der Waals surface area contributed by atoms with Gasteiger partial charge < -0.3 is 10.2 Å². The number of carbonyl (C=O) groups is 1. The summed E-state index contributed by atoms with van der Waals surface area (Å²) in [6.45, 7) is 5.08. The molecular weight excluding hydrogens is 355 g/mol. The van der Waals surface area contributed by atoms with Crippen molar-refractivity contribution in [2.75, 3.05) is 37.6 Å². The standard InChI is InChI=1S/C22H31FN4O/c23-19-3-1-4-21(17-19)27-15-13-26(14-16-27)12-10-18-6-8-20(9-7-18)25-22(28)5-2-11-24/h1,3-4,17-18,20H,2,5-10,12-16H2,(H,25,28). The molecule has 0 spiro atoms. The van der Waals surface area contributed by atoms with E-state index in [4.69, 9.17) is 5.26 Å². The Morgan fingerprint density at radius 1 is 1.18 bits per heavy atom. The molecule has 0 bridgehead atoms. The van der Waals surface area contributed by atoms with Crippen molar-refractivity contribution in [1.29, 1.82) is 5.26 Å². The summed E-state index contributed by atoms with van der Waals surface area (Å²) in [7, 11) is 0. The van der Waals surface area contributed by atoms with E-state index in [9.17, 15) is 9.18 Å². The highest BCUT2D eigenvalue weighted by Crippen LogP contribution is 2.27. The van der Waals surface area contributed by atoms with Crippen molar-refractivity contribution in [3.05, 3.63) is 30.1 Å². The van der Waals surface area contributed by atoms with Gasteiger partial charge in [0, 0.05) is 50.7 Å². The first-order valence-electron chi connectivity index (χ1n) is 10.5. The lowest BCUT2D eigenvalue weighted by Gasteiger charge is -2.37. The number of nitrogens with one attached hydrogen (secondary N) is 1. The highest BCUT2D eigenvalue weighted by atomic mass is 19.1. The summed E-state index contributed by atoms with van der Waals surface area (Å²) in [6, 6.07) is 9.18. The Kier molecular flexibility index (Phi) is 7.67. The van der Waals surface area contributed by atoms with E-state index in [1.165, 1.54) is 25.3 Å². The molecule has 0 unspecified atom stereocenters. The van der Waals surface area contributed by atoms with Crippen LogP contribution < -0.4 is 10.2 Å². The summed E-state index contributed by atoms with van der Waals surface area (Å²) in [4.78, 5) is 16.5. The van der Waals surface area contributed by atoms with Crippen LogP contribution in [-0.2, 0) is 4.79 Å². The molecule has 28 heavy (non-hydrogen) atoms. The van der Waals surface area contributed by atoms with E-state index in [2.05, 4.69) is 15.1 Å². The van der Waals surface area contributed by atoms with Crippen LogP contribution >= 0.6 is 0 Å². The number of rotatable bonds is 7. The van der Waals surface area contributed by atoms with Crippen molar-refractivity contribution in [2.24, 2.45) is 5.92 Å². The van der Waals surface area contributed by atoms with Crippen LogP contribution in [0, 0.1) is 23.1 Å². The Labute approximate surface area is 167 Å². The van der Waals surface area contributed by atoms with Gasteiger partial charge >= 0.3 is 0 Å². The lowest BCUT2D eigenvalue weighted by atomic mass is 9.84. The van der Waals surface area contributed by atoms with E-state index in [0.717, 1.165) is 57.2 Å². The third kappa shape index (κ3) is 6.20. The predicted octanol–water partition coefficient (Wildman–Crippen LogP) is 3.32. The van der Waals surface area contributed by atoms with E-state index in [-0.39, 0.29) is 17.8 Å². The fraction of sp³-hybridized carbons (Fsp3) is 0.636. The number of anilines is 1. The van der Waals surface area contributed by atoms with Gasteiger partial charge in [0.25, 0.3) is 0 Å². The predicted molar refractivity (Wildman–Crippen MR) is 108 cm³/mol. The third-order valence-electron chi connectivity index (χ3n) is 6.07. The lowest BCUT2D eigenvalue weighted by Crippen LogP contribution is -2.47. The Morgan fingerprint density at radius 2 is 1.93 bits per heavy atom. The first kappa shape index (κ1) is 20.6. The van der Waals surface area contributed by atoms with Crippen molar-refractivity contribution in [2.45, 2.75) is 51.0 Å². The fourth-order valence-corrected chi connectivity index (χ4v) is 4.33. The number of hydrogen-bond acceptors (Lipinski definition) is 4. The average molecular weight is 387 g/mol. The number of benzene rings is 1. The average Bonchev–Trinajstić information content (AvgIpc) is 2.72. The molecule has 0 aromatic heterocycles. The molecule has 152 valence electrons. The number of piperazine rings is 1. The molecule has 1 aliphatic carbocycles. The number of nitriles is 1. The highest BCUT2D eigenvalue weighted by Gasteiger charge is 2.24. The minimum atomic E-state index is -0.170. The van der Waals surface area contributed by atoms with Gasteiger partial charge in [-0.25, -0.2) is 4.39 Å². The maximum atomic E-state index is 13.4. The smallest absolute Gasteiger partial charge is 0.221 e. The van der Waals surface area contributed by atoms with E-state index in [1.54, 1.807) is 12.1 Å². The molecule has 1 aliphatic heterocycles. The Morgan fingerprint density at radius 3 is 2.61 bits per heavy atom. The zero-order valence-corrected chi connectivity index (χ0v) is 16.6. The topological polar surface area (TPSA) is 59.4 Å². The Hall–Kier alpha value is -2.13. The van der Waals surface area contributed by atoms with Gasteiger partial charge in [-0.2, -0.15) is 5.26 Å². The number of amides is 1. The van der Waals surface area contributed by atoms with Gasteiger partial charge in [0.2, 0.25) is 5.91 Å². The highest BCUT2D eigenvalue weighted by molar-refractivity contribution is 5.76. The van der Waals surface area contributed by atoms with Crippen LogP contribution in [0.5, 0.6) is 0 Å². The maximum Gasteiger partial charge on any atom is 0.221 e. The first-order valence-corrected chi connectivity index (χ1v) is 10.5. The largest absolute Gasteiger partial charge is 0.369 e. The number of halogens is 1. The van der Waals surface area contributed by atoms with Crippen LogP contribution in [0.25, 0.3) is 0 Å². The van der Waals surface area contributed by atoms with Gasteiger partial charge in [-0.1, -0.05) is 6.07 Å². The molecule has 5 nitrogen and oxygen atoms in total. The van der Waals surface area contributed by atoms with Gasteiger partial charge in [-0.15, -0.1) is 0 Å². The van der Waals surface area contributed by atoms with Crippen molar-refractivity contribution >= 4 is 11.6 Å². The number of nitrogens with zero attached hydrogens (tertiary/aromatic N) is 3. The van der Waals surface area contributed by atoms with E-state index in [0.29, 0.717) is 12.8 Å². The van der Waals surface area contributed by atoms with Gasteiger partial charge in [0.15, 0.2) is 0 Å². The summed E-state index contributed by atoms with van der Waals surface area (Å²) in [5.74, 6) is 0.589. The van der Waals surface area contributed by atoms with Crippen LogP contribution in [0.4, 0.5) is 10.1 Å². The molecule has 2 aliphatic rings. The normalized spacial score (nSPS) is 23.2. The summed E-state index contributed by atoms with van der Waals surface area (Å²) in [5.41, 5.74) is 0.981. The summed E-state index contributed by atoms with van der Waals surface area (Å²) >= 11 is 0. The van der Waals surface area contributed by atoms with Gasteiger partial charge in [-0.05, 0) is 62.8 Å². The van der Waals surface area contributed by atoms with E-state index in [1.807, 2.05) is 12.1 Å². The second kappa shape index (κ2) is 10.4. The Balaban J connectivity index is 1.31. The molecule has 6 heteroatoms. The second-order valence-corrected chi connectivity index (χ2v) is 8.04. The summed E-state index contributed by atoms with van der Waals surface area (Å²) in [6.07, 6.45) is 6.28. The minimum Gasteiger partial charge on any atom is -0.369 e. The molecular formula is C22H31FN4O. The molecule has 1 aromatic carbocycles. The molecule has 1 aromatic rings. The third-order valence-corrected chi connectivity index (χ3v) is 6.07. The zero-order valence-electron chi connectivity index (χ0n) is 16.6. The molecule has 0 atom stereocenters. The summed E-state index contributed by atoms with van der Waals surface area (Å²) in [5, 5.41) is 11.6. The fourth-order valence-electron chi connectivity index (χ4n) is 4.33. The van der Waals surface area contributed by atoms with Gasteiger partial charge in [0.05, 0.1) is 6.07 Å². The maximum absolute atomic E-state index is 13.4. The van der Waals surface area contributed by atoms with Crippen LogP contribution in [0.2, 0.25) is 0 Å². The minimum absolute atomic E-state index is 0.0150. The zero-order chi connectivity index (χ0) is 19.8. The number of hydrogen-bond donors (Lipinski definition) is 1. The number of carbonyl (C=O) groups excluding carboxylic acids is 1. The molecule has 0 radical (unpaired) electrons. The molecule has 1 heterocycles. The van der Waals surface area contributed by atoms with Crippen molar-refractivity contribution in [3.63, 3.8) is 0 Å². The molecule has 3 rings (SSSR count).